The van der Waals surface area contributed by atoms with E-state index >= 15 is 0 Å². The van der Waals surface area contributed by atoms with Gasteiger partial charge in [-0.05, 0) is 38.0 Å². The average molecular weight is 539 g/mol. The van der Waals surface area contributed by atoms with Crippen LogP contribution in [0.15, 0.2) is 24.3 Å². The number of rotatable bonds is 11. The van der Waals surface area contributed by atoms with Crippen LogP contribution in [-0.4, -0.2) is 86.0 Å². The smallest absolute Gasteiger partial charge is 0.254 e. The van der Waals surface area contributed by atoms with Crippen molar-refractivity contribution >= 4 is 22.5 Å². The van der Waals surface area contributed by atoms with Gasteiger partial charge in [-0.1, -0.05) is 6.92 Å². The molecule has 3 aromatic rings. The van der Waals surface area contributed by atoms with E-state index in [-0.39, 0.29) is 12.5 Å². The standard InChI is InChI=1S/C30H42N4O5/c1-7-8-34-21(3)20(2)24-15-22(30(36)33-11-9-32(10-12-33)13-14-35)16-26(29(24)34)31-19-25-27(38-5)17-23(37-4)18-28(25)39-6/h15-18,31,35H,7-14,19H2,1-6H3. The fourth-order valence-corrected chi connectivity index (χ4v) is 5.47. The molecule has 9 nitrogen and oxygen atoms in total. The van der Waals surface area contributed by atoms with Crippen LogP contribution in [0.4, 0.5) is 5.69 Å². The molecule has 2 heterocycles. The van der Waals surface area contributed by atoms with Gasteiger partial charge in [0, 0.05) is 74.6 Å². The van der Waals surface area contributed by atoms with Crippen LogP contribution in [0, 0.1) is 13.8 Å². The third kappa shape index (κ3) is 5.79. The summed E-state index contributed by atoms with van der Waals surface area (Å²) in [5, 5.41) is 14.0. The van der Waals surface area contributed by atoms with Crippen molar-refractivity contribution in [2.75, 3.05) is 66.0 Å². The molecule has 2 N–H and O–H groups in total. The first-order valence-corrected chi connectivity index (χ1v) is 13.6. The number of nitrogens with one attached hydrogen (secondary N) is 1. The minimum Gasteiger partial charge on any atom is -0.496 e. The van der Waals surface area contributed by atoms with Gasteiger partial charge in [0.1, 0.15) is 17.2 Å². The zero-order valence-electron chi connectivity index (χ0n) is 24.1. The van der Waals surface area contributed by atoms with Crippen molar-refractivity contribution in [3.8, 4) is 17.2 Å². The molecule has 39 heavy (non-hydrogen) atoms. The van der Waals surface area contributed by atoms with Crippen molar-refractivity contribution in [3.63, 3.8) is 0 Å². The molecule has 1 amide bonds. The van der Waals surface area contributed by atoms with Crippen LogP contribution in [0.25, 0.3) is 10.9 Å². The van der Waals surface area contributed by atoms with E-state index in [0.717, 1.165) is 48.2 Å². The highest BCUT2D eigenvalue weighted by Gasteiger charge is 2.25. The number of carbonyl (C=O) groups excluding carboxylic acids is 1. The van der Waals surface area contributed by atoms with Crippen LogP contribution >= 0.6 is 0 Å². The summed E-state index contributed by atoms with van der Waals surface area (Å²) in [7, 11) is 4.88. The van der Waals surface area contributed by atoms with Crippen LogP contribution in [-0.2, 0) is 13.1 Å². The Morgan fingerprint density at radius 2 is 1.62 bits per heavy atom. The Balaban J connectivity index is 1.74. The number of benzene rings is 2. The lowest BCUT2D eigenvalue weighted by Crippen LogP contribution is -2.49. The Kier molecular flexibility index (Phi) is 9.24. The van der Waals surface area contributed by atoms with E-state index in [1.807, 2.05) is 29.2 Å². The summed E-state index contributed by atoms with van der Waals surface area (Å²) in [6, 6.07) is 7.73. The number of anilines is 1. The number of aryl methyl sites for hydroxylation is 2. The predicted molar refractivity (Wildman–Crippen MR) is 155 cm³/mol. The average Bonchev–Trinajstić information content (AvgIpc) is 3.20. The molecule has 0 atom stereocenters. The maximum atomic E-state index is 13.7. The third-order valence-corrected chi connectivity index (χ3v) is 7.77. The predicted octanol–water partition coefficient (Wildman–Crippen LogP) is 4.06. The Morgan fingerprint density at radius 1 is 0.949 bits per heavy atom. The number of hydrogen-bond donors (Lipinski definition) is 2. The van der Waals surface area contributed by atoms with Crippen LogP contribution in [0.3, 0.4) is 0 Å². The fourth-order valence-electron chi connectivity index (χ4n) is 5.47. The summed E-state index contributed by atoms with van der Waals surface area (Å²) >= 11 is 0. The Hall–Kier alpha value is -3.43. The summed E-state index contributed by atoms with van der Waals surface area (Å²) in [6.07, 6.45) is 1.00. The van der Waals surface area contributed by atoms with Gasteiger partial charge in [-0.3, -0.25) is 9.69 Å². The number of aliphatic hydroxyl groups excluding tert-OH is 1. The van der Waals surface area contributed by atoms with E-state index in [0.29, 0.717) is 49.0 Å². The SMILES string of the molecule is CCCn1c(C)c(C)c2cc(C(=O)N3CCN(CCO)CC3)cc(NCc3c(OC)cc(OC)cc3OC)c21. The molecule has 0 radical (unpaired) electrons. The maximum Gasteiger partial charge on any atom is 0.254 e. The van der Waals surface area contributed by atoms with Crippen molar-refractivity contribution in [1.29, 1.82) is 0 Å². The van der Waals surface area contributed by atoms with Crippen LogP contribution < -0.4 is 19.5 Å². The van der Waals surface area contributed by atoms with Crippen molar-refractivity contribution in [3.05, 3.63) is 46.6 Å². The maximum absolute atomic E-state index is 13.7. The van der Waals surface area contributed by atoms with Gasteiger partial charge in [-0.25, -0.2) is 0 Å². The molecule has 1 saturated heterocycles. The number of piperazine rings is 1. The number of β-amino-alcohol motifs (C(OH)–C–C–N with tert-alkyl or cyclic N) is 1. The molecule has 1 fully saturated rings. The highest BCUT2D eigenvalue weighted by Crippen LogP contribution is 2.37. The lowest BCUT2D eigenvalue weighted by molar-refractivity contribution is 0.0615. The summed E-state index contributed by atoms with van der Waals surface area (Å²) < 4.78 is 19.1. The molecule has 1 aliphatic rings. The van der Waals surface area contributed by atoms with Crippen LogP contribution in [0.1, 0.15) is 40.5 Å². The van der Waals surface area contributed by atoms with Crippen LogP contribution in [0.5, 0.6) is 17.2 Å². The number of carbonyl (C=O) groups is 1. The lowest BCUT2D eigenvalue weighted by atomic mass is 10.0. The van der Waals surface area contributed by atoms with E-state index < -0.39 is 0 Å². The zero-order chi connectivity index (χ0) is 28.1. The van der Waals surface area contributed by atoms with Gasteiger partial charge in [0.15, 0.2) is 0 Å². The first kappa shape index (κ1) is 28.6. The number of ether oxygens (including phenoxy) is 3. The van der Waals surface area contributed by atoms with Gasteiger partial charge in [-0.15, -0.1) is 0 Å². The molecular weight excluding hydrogens is 496 g/mol. The van der Waals surface area contributed by atoms with Crippen molar-refractivity contribution in [1.82, 2.24) is 14.4 Å². The third-order valence-electron chi connectivity index (χ3n) is 7.77. The quantitative estimate of drug-likeness (QED) is 0.381. The topological polar surface area (TPSA) is 88.4 Å². The summed E-state index contributed by atoms with van der Waals surface area (Å²) in [5.74, 6) is 2.02. The molecule has 1 aliphatic heterocycles. The van der Waals surface area contributed by atoms with Gasteiger partial charge >= 0.3 is 0 Å². The number of hydrogen-bond acceptors (Lipinski definition) is 7. The van der Waals surface area contributed by atoms with E-state index in [1.54, 1.807) is 21.3 Å². The molecule has 0 bridgehead atoms. The van der Waals surface area contributed by atoms with E-state index in [2.05, 4.69) is 35.6 Å². The molecule has 0 aliphatic carbocycles. The largest absolute Gasteiger partial charge is 0.496 e. The lowest BCUT2D eigenvalue weighted by Gasteiger charge is -2.34. The van der Waals surface area contributed by atoms with Gasteiger partial charge in [0.2, 0.25) is 0 Å². The summed E-state index contributed by atoms with van der Waals surface area (Å²) in [4.78, 5) is 17.8. The number of fused-ring (bicyclic) bond motifs is 1. The number of amides is 1. The molecule has 212 valence electrons. The Labute approximate surface area is 231 Å². The minimum absolute atomic E-state index is 0.0310. The zero-order valence-corrected chi connectivity index (χ0v) is 24.1. The first-order valence-electron chi connectivity index (χ1n) is 13.6. The van der Waals surface area contributed by atoms with Gasteiger partial charge in [0.25, 0.3) is 5.91 Å². The molecule has 1 aromatic heterocycles. The highest BCUT2D eigenvalue weighted by atomic mass is 16.5. The molecular formula is C30H42N4O5. The first-order chi connectivity index (χ1) is 18.9. The van der Waals surface area contributed by atoms with E-state index in [4.69, 9.17) is 14.2 Å². The second kappa shape index (κ2) is 12.6. The molecule has 0 spiro atoms. The summed E-state index contributed by atoms with van der Waals surface area (Å²) in [5.41, 5.74) is 5.93. The van der Waals surface area contributed by atoms with Gasteiger partial charge in [0.05, 0.1) is 44.7 Å². The van der Waals surface area contributed by atoms with E-state index in [9.17, 15) is 9.90 Å². The van der Waals surface area contributed by atoms with Crippen molar-refractivity contribution < 1.29 is 24.1 Å². The van der Waals surface area contributed by atoms with Crippen molar-refractivity contribution in [2.45, 2.75) is 40.3 Å². The van der Waals surface area contributed by atoms with Gasteiger partial charge in [-0.2, -0.15) is 0 Å². The number of nitrogens with zero attached hydrogens (tertiary/aromatic N) is 3. The number of aromatic nitrogens is 1. The molecule has 4 rings (SSSR count). The molecule has 2 aromatic carbocycles. The van der Waals surface area contributed by atoms with Gasteiger partial charge < -0.3 is 34.1 Å². The van der Waals surface area contributed by atoms with Crippen LogP contribution in [0.2, 0.25) is 0 Å². The minimum atomic E-state index is 0.0310. The summed E-state index contributed by atoms with van der Waals surface area (Å²) in [6.45, 7) is 11.4. The van der Waals surface area contributed by atoms with Crippen molar-refractivity contribution in [2.24, 2.45) is 0 Å². The number of methoxy groups -OCH3 is 3. The monoisotopic (exact) mass is 538 g/mol. The normalized spacial score (nSPS) is 14.1. The molecule has 9 heteroatoms. The number of aliphatic hydroxyl groups is 1. The molecule has 0 saturated carbocycles. The highest BCUT2D eigenvalue weighted by molar-refractivity contribution is 6.04. The van der Waals surface area contributed by atoms with E-state index in [1.165, 1.54) is 11.3 Å². The fraction of sp³-hybridized carbons (Fsp3) is 0.500. The second-order valence-corrected chi connectivity index (χ2v) is 10.0. The second-order valence-electron chi connectivity index (χ2n) is 10.0. The molecule has 0 unspecified atom stereocenters. The Bertz CT molecular complexity index is 1290. The Morgan fingerprint density at radius 3 is 2.18 bits per heavy atom.